The van der Waals surface area contributed by atoms with Gasteiger partial charge >= 0.3 is 5.97 Å². The van der Waals surface area contributed by atoms with Crippen molar-refractivity contribution in [3.63, 3.8) is 0 Å². The average molecular weight is 224 g/mol. The number of aliphatic hydroxyl groups excluding tert-OH is 1. The maximum atomic E-state index is 10.8. The lowest BCUT2D eigenvalue weighted by Gasteiger charge is -2.09. The van der Waals surface area contributed by atoms with Crippen LogP contribution < -0.4 is 5.32 Å². The molecule has 16 heavy (non-hydrogen) atoms. The van der Waals surface area contributed by atoms with E-state index < -0.39 is 5.97 Å². The number of aromatic carboxylic acids is 1. The Morgan fingerprint density at radius 1 is 1.62 bits per heavy atom. The molecule has 0 aliphatic carbocycles. The van der Waals surface area contributed by atoms with E-state index in [9.17, 15) is 4.79 Å². The van der Waals surface area contributed by atoms with Gasteiger partial charge in [0.2, 0.25) is 0 Å². The van der Waals surface area contributed by atoms with Gasteiger partial charge in [-0.2, -0.15) is 0 Å². The third kappa shape index (κ3) is 3.86. The highest BCUT2D eigenvalue weighted by Crippen LogP contribution is 2.12. The van der Waals surface area contributed by atoms with Gasteiger partial charge in [0.25, 0.3) is 0 Å². The number of nitrogens with one attached hydrogen (secondary N) is 1. The molecular formula is C11H16N2O3. The lowest BCUT2D eigenvalue weighted by Crippen LogP contribution is -2.11. The number of carboxylic acids is 1. The summed E-state index contributed by atoms with van der Waals surface area (Å²) in [5.41, 5.74) is 0.542. The number of hydrogen-bond acceptors (Lipinski definition) is 4. The summed E-state index contributed by atoms with van der Waals surface area (Å²) >= 11 is 0. The first-order valence-electron chi connectivity index (χ1n) is 5.21. The van der Waals surface area contributed by atoms with Crippen molar-refractivity contribution < 1.29 is 15.0 Å². The van der Waals surface area contributed by atoms with E-state index in [-0.39, 0.29) is 11.8 Å². The van der Waals surface area contributed by atoms with Crippen LogP contribution in [-0.2, 0) is 0 Å². The van der Waals surface area contributed by atoms with E-state index in [1.807, 2.05) is 0 Å². The fraction of sp³-hybridized carbons (Fsp3) is 0.455. The number of carbonyl (C=O) groups is 1. The van der Waals surface area contributed by atoms with Gasteiger partial charge in [0.1, 0.15) is 0 Å². The Balaban J connectivity index is 2.50. The van der Waals surface area contributed by atoms with Crippen LogP contribution in [0.15, 0.2) is 18.3 Å². The van der Waals surface area contributed by atoms with Crippen LogP contribution in [0.25, 0.3) is 0 Å². The van der Waals surface area contributed by atoms with Crippen LogP contribution in [0.2, 0.25) is 0 Å². The van der Waals surface area contributed by atoms with E-state index in [2.05, 4.69) is 10.3 Å². The molecule has 0 spiro atoms. The highest BCUT2D eigenvalue weighted by atomic mass is 16.4. The lowest BCUT2D eigenvalue weighted by molar-refractivity contribution is 0.0691. The molecule has 0 aliphatic heterocycles. The molecule has 0 saturated heterocycles. The van der Waals surface area contributed by atoms with Gasteiger partial charge in [0.15, 0.2) is 5.69 Å². The Hall–Kier alpha value is -1.62. The highest BCUT2D eigenvalue weighted by Gasteiger charge is 2.09. The molecule has 88 valence electrons. The number of rotatable bonds is 6. The topological polar surface area (TPSA) is 82.5 Å². The van der Waals surface area contributed by atoms with Crippen LogP contribution in [0.5, 0.6) is 0 Å². The number of anilines is 1. The molecule has 1 unspecified atom stereocenters. The van der Waals surface area contributed by atoms with Crippen molar-refractivity contribution in [3.8, 4) is 0 Å². The van der Waals surface area contributed by atoms with E-state index in [1.165, 1.54) is 6.20 Å². The zero-order valence-corrected chi connectivity index (χ0v) is 9.18. The summed E-state index contributed by atoms with van der Waals surface area (Å²) in [5.74, 6) is -1.04. The van der Waals surface area contributed by atoms with Gasteiger partial charge in [-0.15, -0.1) is 0 Å². The average Bonchev–Trinajstić information content (AvgIpc) is 2.24. The van der Waals surface area contributed by atoms with Crippen molar-refractivity contribution in [2.24, 2.45) is 0 Å². The van der Waals surface area contributed by atoms with Crippen LogP contribution in [-0.4, -0.2) is 33.8 Å². The molecule has 0 aliphatic rings. The normalized spacial score (nSPS) is 12.1. The Bertz CT molecular complexity index is 353. The standard InChI is InChI=1S/C11H16N2O3/c1-8(14)4-2-6-12-9-5-3-7-13-10(9)11(15)16/h3,5,7-8,12,14H,2,4,6H2,1H3,(H,15,16). The number of hydrogen-bond donors (Lipinski definition) is 3. The van der Waals surface area contributed by atoms with E-state index >= 15 is 0 Å². The van der Waals surface area contributed by atoms with Gasteiger partial charge in [0.05, 0.1) is 11.8 Å². The third-order valence-corrected chi connectivity index (χ3v) is 2.12. The summed E-state index contributed by atoms with van der Waals surface area (Å²) in [6, 6.07) is 3.36. The Kier molecular flexibility index (Phi) is 4.72. The summed E-state index contributed by atoms with van der Waals surface area (Å²) in [6.45, 7) is 2.35. The maximum Gasteiger partial charge on any atom is 0.356 e. The molecule has 3 N–H and O–H groups in total. The minimum Gasteiger partial charge on any atom is -0.476 e. The molecule has 1 rings (SSSR count). The molecule has 0 aromatic carbocycles. The SMILES string of the molecule is CC(O)CCCNc1cccnc1C(=O)O. The van der Waals surface area contributed by atoms with E-state index in [1.54, 1.807) is 19.1 Å². The number of aromatic nitrogens is 1. The Labute approximate surface area is 94.1 Å². The fourth-order valence-electron chi connectivity index (χ4n) is 1.34. The van der Waals surface area contributed by atoms with Crippen molar-refractivity contribution in [2.75, 3.05) is 11.9 Å². The zero-order valence-electron chi connectivity index (χ0n) is 9.18. The molecule has 1 aromatic rings. The number of carboxylic acid groups (broad SMARTS) is 1. The first kappa shape index (κ1) is 12.4. The van der Waals surface area contributed by atoms with Crippen molar-refractivity contribution >= 4 is 11.7 Å². The number of aliphatic hydroxyl groups is 1. The van der Waals surface area contributed by atoms with Gasteiger partial charge in [-0.3, -0.25) is 0 Å². The van der Waals surface area contributed by atoms with Crippen LogP contribution in [0.3, 0.4) is 0 Å². The number of nitrogens with zero attached hydrogens (tertiary/aromatic N) is 1. The fourth-order valence-corrected chi connectivity index (χ4v) is 1.34. The van der Waals surface area contributed by atoms with Crippen LogP contribution in [0.1, 0.15) is 30.3 Å². The lowest BCUT2D eigenvalue weighted by atomic mass is 10.2. The number of pyridine rings is 1. The molecule has 0 amide bonds. The molecule has 0 bridgehead atoms. The van der Waals surface area contributed by atoms with Gasteiger partial charge in [-0.1, -0.05) is 0 Å². The van der Waals surface area contributed by atoms with E-state index in [0.717, 1.165) is 6.42 Å². The van der Waals surface area contributed by atoms with Crippen molar-refractivity contribution in [2.45, 2.75) is 25.9 Å². The van der Waals surface area contributed by atoms with Gasteiger partial charge in [0, 0.05) is 12.7 Å². The first-order valence-corrected chi connectivity index (χ1v) is 5.21. The molecule has 5 heteroatoms. The van der Waals surface area contributed by atoms with Gasteiger partial charge in [-0.25, -0.2) is 9.78 Å². The maximum absolute atomic E-state index is 10.8. The predicted octanol–water partition coefficient (Wildman–Crippen LogP) is 1.35. The predicted molar refractivity (Wildman–Crippen MR) is 60.6 cm³/mol. The Morgan fingerprint density at radius 3 is 3.00 bits per heavy atom. The molecule has 1 atom stereocenters. The second kappa shape index (κ2) is 6.07. The summed E-state index contributed by atoms with van der Waals surface area (Å²) in [5, 5.41) is 20.9. The molecule has 1 aromatic heterocycles. The monoisotopic (exact) mass is 224 g/mol. The van der Waals surface area contributed by atoms with Crippen LogP contribution in [0.4, 0.5) is 5.69 Å². The van der Waals surface area contributed by atoms with Gasteiger partial charge in [-0.05, 0) is 31.9 Å². The van der Waals surface area contributed by atoms with E-state index in [0.29, 0.717) is 18.7 Å². The molecule has 5 nitrogen and oxygen atoms in total. The summed E-state index contributed by atoms with van der Waals surface area (Å²) in [7, 11) is 0. The van der Waals surface area contributed by atoms with Crippen LogP contribution >= 0.6 is 0 Å². The second-order valence-corrected chi connectivity index (χ2v) is 3.62. The minimum atomic E-state index is -1.04. The highest BCUT2D eigenvalue weighted by molar-refractivity contribution is 5.91. The smallest absolute Gasteiger partial charge is 0.356 e. The van der Waals surface area contributed by atoms with Crippen LogP contribution in [0, 0.1) is 0 Å². The van der Waals surface area contributed by atoms with E-state index in [4.69, 9.17) is 10.2 Å². The molecule has 0 radical (unpaired) electrons. The van der Waals surface area contributed by atoms with Crippen molar-refractivity contribution in [1.82, 2.24) is 4.98 Å². The van der Waals surface area contributed by atoms with Crippen molar-refractivity contribution in [1.29, 1.82) is 0 Å². The third-order valence-electron chi connectivity index (χ3n) is 2.12. The second-order valence-electron chi connectivity index (χ2n) is 3.62. The van der Waals surface area contributed by atoms with Crippen molar-refractivity contribution in [3.05, 3.63) is 24.0 Å². The summed E-state index contributed by atoms with van der Waals surface area (Å²) < 4.78 is 0. The molecule has 0 saturated carbocycles. The largest absolute Gasteiger partial charge is 0.476 e. The minimum absolute atomic E-state index is 0.0274. The quantitative estimate of drug-likeness (QED) is 0.635. The first-order chi connectivity index (χ1) is 7.61. The molecule has 1 heterocycles. The summed E-state index contributed by atoms with van der Waals surface area (Å²) in [6.07, 6.45) is 2.60. The van der Waals surface area contributed by atoms with Gasteiger partial charge < -0.3 is 15.5 Å². The zero-order chi connectivity index (χ0) is 12.0. The summed E-state index contributed by atoms with van der Waals surface area (Å²) in [4.78, 5) is 14.6. The molecular weight excluding hydrogens is 208 g/mol. The molecule has 0 fully saturated rings. The Morgan fingerprint density at radius 2 is 2.38 bits per heavy atom.